The molecule has 1 aromatic heterocycles. The number of aromatic nitrogens is 1. The summed E-state index contributed by atoms with van der Waals surface area (Å²) in [6, 6.07) is 10.7. The van der Waals surface area contributed by atoms with E-state index in [1.165, 1.54) is 11.8 Å². The average molecular weight is 491 g/mol. The molecular formula is C24H34N4O3S2. The van der Waals surface area contributed by atoms with E-state index in [2.05, 4.69) is 40.2 Å². The number of carbonyl (C=O) groups is 1. The van der Waals surface area contributed by atoms with Crippen molar-refractivity contribution in [3.63, 3.8) is 0 Å². The minimum Gasteiger partial charge on any atom is -0.364 e. The van der Waals surface area contributed by atoms with Gasteiger partial charge < -0.3 is 10.6 Å². The van der Waals surface area contributed by atoms with Gasteiger partial charge in [0, 0.05) is 24.4 Å². The molecule has 0 saturated carbocycles. The lowest BCUT2D eigenvalue weighted by molar-refractivity contribution is 0.0996. The fraction of sp³-hybridized carbons (Fsp3) is 0.583. The van der Waals surface area contributed by atoms with Crippen molar-refractivity contribution in [2.24, 2.45) is 11.7 Å². The third-order valence-electron chi connectivity index (χ3n) is 7.23. The first-order valence-electron chi connectivity index (χ1n) is 11.8. The maximum Gasteiger partial charge on any atom is 0.268 e. The number of thiazole rings is 1. The van der Waals surface area contributed by atoms with Gasteiger partial charge in [-0.1, -0.05) is 30.3 Å². The largest absolute Gasteiger partial charge is 0.364 e. The zero-order valence-electron chi connectivity index (χ0n) is 19.2. The lowest BCUT2D eigenvalue weighted by Crippen LogP contribution is -2.40. The molecule has 4 rings (SSSR count). The number of piperidine rings is 2. The lowest BCUT2D eigenvalue weighted by Gasteiger charge is -2.37. The molecule has 1 unspecified atom stereocenters. The summed E-state index contributed by atoms with van der Waals surface area (Å²) in [4.78, 5) is 18.3. The second kappa shape index (κ2) is 10.6. The van der Waals surface area contributed by atoms with E-state index in [1.807, 2.05) is 0 Å². The molecule has 0 spiro atoms. The van der Waals surface area contributed by atoms with Gasteiger partial charge in [-0.05, 0) is 69.1 Å². The van der Waals surface area contributed by atoms with E-state index in [-0.39, 0.29) is 0 Å². The summed E-state index contributed by atoms with van der Waals surface area (Å²) in [5.41, 5.74) is 7.10. The first-order chi connectivity index (χ1) is 15.8. The number of benzene rings is 1. The highest BCUT2D eigenvalue weighted by Gasteiger charge is 2.31. The summed E-state index contributed by atoms with van der Waals surface area (Å²) in [6.07, 6.45) is 6.33. The molecule has 2 N–H and O–H groups in total. The van der Waals surface area contributed by atoms with E-state index in [0.717, 1.165) is 56.7 Å². The molecule has 2 fully saturated rings. The summed E-state index contributed by atoms with van der Waals surface area (Å²) >= 11 is 1.54. The van der Waals surface area contributed by atoms with Crippen molar-refractivity contribution in [2.75, 3.05) is 39.0 Å². The molecule has 3 heterocycles. The number of likely N-dealkylation sites (tertiary alicyclic amines) is 1. The molecule has 9 heteroatoms. The van der Waals surface area contributed by atoms with Crippen LogP contribution in [0.3, 0.4) is 0 Å². The van der Waals surface area contributed by atoms with Gasteiger partial charge in [0.05, 0.1) is 11.3 Å². The predicted octanol–water partition coefficient (Wildman–Crippen LogP) is 3.27. The van der Waals surface area contributed by atoms with Crippen LogP contribution < -0.4 is 5.73 Å². The van der Waals surface area contributed by atoms with E-state index in [1.54, 1.807) is 21.0 Å². The van der Waals surface area contributed by atoms with Gasteiger partial charge in [-0.15, -0.1) is 11.3 Å². The molecule has 180 valence electrons. The molecule has 2 aromatic rings. The van der Waals surface area contributed by atoms with Gasteiger partial charge in [0.1, 0.15) is 5.69 Å². The molecule has 1 atom stereocenters. The zero-order chi connectivity index (χ0) is 23.4. The smallest absolute Gasteiger partial charge is 0.268 e. The van der Waals surface area contributed by atoms with Crippen LogP contribution in [0.1, 0.15) is 65.0 Å². The van der Waals surface area contributed by atoms with E-state index >= 15 is 0 Å². The minimum absolute atomic E-state index is 0.380. The maximum absolute atomic E-state index is 11.9. The molecule has 2 saturated heterocycles. The van der Waals surface area contributed by atoms with Crippen molar-refractivity contribution < 1.29 is 13.2 Å². The highest BCUT2D eigenvalue weighted by molar-refractivity contribution is 7.88. The van der Waals surface area contributed by atoms with E-state index < -0.39 is 15.9 Å². The Morgan fingerprint density at radius 3 is 2.36 bits per heavy atom. The topological polar surface area (TPSA) is 96.6 Å². The summed E-state index contributed by atoms with van der Waals surface area (Å²) in [6.45, 7) is 4.36. The summed E-state index contributed by atoms with van der Waals surface area (Å²) in [5.74, 6) is 0.905. The molecule has 2 aliphatic heterocycles. The zero-order valence-corrected chi connectivity index (χ0v) is 20.9. The molecule has 0 bridgehead atoms. The lowest BCUT2D eigenvalue weighted by atomic mass is 9.78. The van der Waals surface area contributed by atoms with Crippen molar-refractivity contribution in [1.29, 1.82) is 0 Å². The quantitative estimate of drug-likeness (QED) is 0.613. The van der Waals surface area contributed by atoms with Crippen LogP contribution in [0, 0.1) is 5.92 Å². The minimum atomic E-state index is -3.11. The van der Waals surface area contributed by atoms with Crippen LogP contribution in [-0.2, 0) is 10.0 Å². The van der Waals surface area contributed by atoms with Crippen molar-refractivity contribution in [1.82, 2.24) is 14.2 Å². The van der Waals surface area contributed by atoms with Gasteiger partial charge in [0.25, 0.3) is 5.91 Å². The Labute approximate surface area is 201 Å². The second-order valence-electron chi connectivity index (χ2n) is 9.36. The van der Waals surface area contributed by atoms with Crippen molar-refractivity contribution in [2.45, 2.75) is 43.9 Å². The normalized spacial score (nSPS) is 20.6. The number of primary amides is 1. The van der Waals surface area contributed by atoms with Crippen LogP contribution in [0.4, 0.5) is 0 Å². The number of nitrogens with two attached hydrogens (primary N) is 1. The third-order valence-corrected chi connectivity index (χ3v) is 9.54. The molecule has 33 heavy (non-hydrogen) atoms. The predicted molar refractivity (Wildman–Crippen MR) is 132 cm³/mol. The van der Waals surface area contributed by atoms with Gasteiger partial charge >= 0.3 is 0 Å². The fourth-order valence-electron chi connectivity index (χ4n) is 5.30. The van der Waals surface area contributed by atoms with E-state index in [4.69, 9.17) is 5.73 Å². The van der Waals surface area contributed by atoms with Gasteiger partial charge in [-0.25, -0.2) is 17.7 Å². The molecule has 0 radical (unpaired) electrons. The molecule has 1 amide bonds. The number of hydrogen-bond acceptors (Lipinski definition) is 6. The van der Waals surface area contributed by atoms with Crippen molar-refractivity contribution in [3.8, 4) is 0 Å². The molecular weight excluding hydrogens is 456 g/mol. The highest BCUT2D eigenvalue weighted by atomic mass is 32.2. The Hall–Kier alpha value is -1.81. The van der Waals surface area contributed by atoms with Crippen LogP contribution in [0.2, 0.25) is 0 Å². The van der Waals surface area contributed by atoms with E-state index in [9.17, 15) is 13.2 Å². The first-order valence-corrected chi connectivity index (χ1v) is 14.5. The van der Waals surface area contributed by atoms with Gasteiger partial charge in [0.15, 0.2) is 0 Å². The van der Waals surface area contributed by atoms with Crippen LogP contribution in [-0.4, -0.2) is 67.5 Å². The van der Waals surface area contributed by atoms with Crippen LogP contribution in [0.15, 0.2) is 35.7 Å². The second-order valence-corrected chi connectivity index (χ2v) is 12.2. The average Bonchev–Trinajstić information content (AvgIpc) is 3.31. The highest BCUT2D eigenvalue weighted by Crippen LogP contribution is 2.37. The molecule has 1 aromatic carbocycles. The van der Waals surface area contributed by atoms with Crippen LogP contribution in [0.25, 0.3) is 0 Å². The van der Waals surface area contributed by atoms with Crippen molar-refractivity contribution in [3.05, 3.63) is 52.0 Å². The molecule has 7 nitrogen and oxygen atoms in total. The summed E-state index contributed by atoms with van der Waals surface area (Å²) in [7, 11) is -3.11. The number of sulfonamides is 1. The van der Waals surface area contributed by atoms with Gasteiger partial charge in [-0.3, -0.25) is 4.79 Å². The number of amides is 1. The van der Waals surface area contributed by atoms with Crippen LogP contribution in [0.5, 0.6) is 0 Å². The number of rotatable bonds is 8. The first kappa shape index (κ1) is 24.3. The SMILES string of the molecule is CS(=O)(=O)N1CCC(C(CCN2CCC(c3nc(C(N)=O)cs3)CC2)c2ccccc2)CC1. The summed E-state index contributed by atoms with van der Waals surface area (Å²) < 4.78 is 25.5. The standard InChI is InChI=1S/C24H34N4O3S2/c1-33(30,31)28-15-9-19(10-16-28)21(18-5-3-2-4-6-18)11-14-27-12-7-20(8-13-27)24-26-22(17-32-24)23(25)29/h2-6,17,19-21H,7-16H2,1H3,(H2,25,29). The Balaban J connectivity index is 1.33. The summed E-state index contributed by atoms with van der Waals surface area (Å²) in [5, 5.41) is 2.80. The number of nitrogens with zero attached hydrogens (tertiary/aromatic N) is 3. The third kappa shape index (κ3) is 6.20. The van der Waals surface area contributed by atoms with E-state index in [0.29, 0.717) is 36.5 Å². The monoisotopic (exact) mass is 490 g/mol. The van der Waals surface area contributed by atoms with Crippen molar-refractivity contribution >= 4 is 27.3 Å². The molecule has 2 aliphatic rings. The molecule has 0 aliphatic carbocycles. The maximum atomic E-state index is 11.9. The number of carbonyl (C=O) groups excluding carboxylic acids is 1. The van der Waals surface area contributed by atoms with Crippen LogP contribution >= 0.6 is 11.3 Å². The fourth-order valence-corrected chi connectivity index (χ4v) is 7.15. The number of hydrogen-bond donors (Lipinski definition) is 1. The Morgan fingerprint density at radius 1 is 1.12 bits per heavy atom. The Morgan fingerprint density at radius 2 is 1.79 bits per heavy atom. The van der Waals surface area contributed by atoms with Gasteiger partial charge in [-0.2, -0.15) is 0 Å². The Bertz CT molecular complexity index is 1020. The van der Waals surface area contributed by atoms with Gasteiger partial charge in [0.2, 0.25) is 10.0 Å². The Kier molecular flexibility index (Phi) is 7.83.